The molecule has 0 saturated heterocycles. The van der Waals surface area contributed by atoms with Gasteiger partial charge < -0.3 is 40.0 Å². The molecule has 8 aromatic rings. The average molecular weight is 1100 g/mol. The maximum absolute atomic E-state index is 12.9. The van der Waals surface area contributed by atoms with Gasteiger partial charge in [0.15, 0.2) is 56.1 Å². The molecule has 0 atom stereocenters. The van der Waals surface area contributed by atoms with Gasteiger partial charge in [-0.25, -0.2) is 0 Å². The third-order valence-corrected chi connectivity index (χ3v) is 11.5. The van der Waals surface area contributed by atoms with Crippen LogP contribution in [0.15, 0.2) is 139 Å². The van der Waals surface area contributed by atoms with Crippen molar-refractivity contribution in [1.82, 2.24) is 39.5 Å². The normalized spacial score (nSPS) is 11.4. The van der Waals surface area contributed by atoms with E-state index in [1.165, 1.54) is 11.8 Å². The van der Waals surface area contributed by atoms with E-state index in [2.05, 4.69) is 35.3 Å². The molecule has 0 aliphatic carbocycles. The molecule has 0 saturated carbocycles. The summed E-state index contributed by atoms with van der Waals surface area (Å²) in [7, 11) is 3.27. The van der Waals surface area contributed by atoms with Gasteiger partial charge >= 0.3 is 103 Å². The molecule has 4 aromatic carbocycles. The van der Waals surface area contributed by atoms with Gasteiger partial charge in [0.2, 0.25) is 0 Å². The van der Waals surface area contributed by atoms with E-state index in [1.807, 2.05) is 81.9 Å². The molecule has 19 nitrogen and oxygen atoms in total. The summed E-state index contributed by atoms with van der Waals surface area (Å²) in [5.74, 6) is 5.56. The van der Waals surface area contributed by atoms with Crippen LogP contribution in [-0.2, 0) is 9.68 Å². The second kappa shape index (κ2) is 30.5. The van der Waals surface area contributed by atoms with Gasteiger partial charge in [0, 0.05) is 52.7 Å². The summed E-state index contributed by atoms with van der Waals surface area (Å²) in [5, 5.41) is 24.9. The predicted octanol–water partition coefficient (Wildman–Crippen LogP) is 1.52. The Balaban J connectivity index is 0.000000247. The third-order valence-electron chi connectivity index (χ3n) is 10.1. The molecule has 366 valence electrons. The smallest absolute Gasteiger partial charge is 1.00 e. The average Bonchev–Trinajstić information content (AvgIpc) is 4.06. The summed E-state index contributed by atoms with van der Waals surface area (Å²) >= 11 is 12.1. The number of aromatic amines is 1. The summed E-state index contributed by atoms with van der Waals surface area (Å²) < 4.78 is 36.6. The molecule has 0 bridgehead atoms. The Morgan fingerprint density at radius 3 is 1.60 bits per heavy atom. The third kappa shape index (κ3) is 16.1. The number of nitrogens with one attached hydrogen (secondary N) is 1. The molecular weight excluding hydrogens is 1050 g/mol. The Morgan fingerprint density at radius 2 is 1.14 bits per heavy atom. The Labute approximate surface area is 519 Å². The van der Waals surface area contributed by atoms with Gasteiger partial charge in [0.05, 0.1) is 31.5 Å². The number of hydrogen-bond donors (Lipinski definition) is 1. The number of halogens is 1. The Morgan fingerprint density at radius 1 is 0.685 bits per heavy atom. The van der Waals surface area contributed by atoms with Crippen LogP contribution in [0.2, 0.25) is 0 Å². The number of carbonyl (C=O) groups is 3. The van der Waals surface area contributed by atoms with Crippen LogP contribution >= 0.6 is 35.6 Å². The minimum absolute atomic E-state index is 0. The molecule has 0 unspecified atom stereocenters. The standard InChI is InChI=1S/C24H20N4O4S.C14H12N4OS.C10H9ClO3.CH2O3.2K.H/c1-30-19-5-3-18(4-6-19)28-23(16-8-10-25-11-9-16)26-27-24(28)33-15-20(29)17-2-7-21-22(14-17)32-13-12-31-21;1-19-12-4-2-11(3-5-12)18-13(16-17-14(18)20)10-6-8-15-9-7-10;11-6-8(12)7-1-2-9-10(5-7)14-4-3-13-9;2-1-4-3;;;/h2-11,14H,12-13,15H2,1H3;2-9H,1H3,(H,17,20);1-2,5H,3-4,6H2;1,3H;;;/q;;;;2*+1;-1/p-1. The number of benzene rings is 4. The molecule has 10 rings (SSSR count). The number of nitrogens with zero attached hydrogens (tertiary/aromatic N) is 7. The number of aromatic nitrogens is 8. The summed E-state index contributed by atoms with van der Waals surface area (Å²) in [6.45, 7) is 1.88. The maximum Gasteiger partial charge on any atom is 1.00 e. The first-order valence-electron chi connectivity index (χ1n) is 21.2. The van der Waals surface area contributed by atoms with Crippen molar-refractivity contribution in [3.05, 3.63) is 150 Å². The van der Waals surface area contributed by atoms with E-state index in [0.717, 1.165) is 39.8 Å². The van der Waals surface area contributed by atoms with E-state index in [0.29, 0.717) is 76.3 Å². The van der Waals surface area contributed by atoms with Gasteiger partial charge in [0.1, 0.15) is 37.9 Å². The van der Waals surface area contributed by atoms with Crippen molar-refractivity contribution < 1.29 is 157 Å². The minimum atomic E-state index is -0.181. The topological polar surface area (TPSA) is 229 Å². The van der Waals surface area contributed by atoms with Crippen LogP contribution in [0.5, 0.6) is 34.5 Å². The van der Waals surface area contributed by atoms with Crippen LogP contribution in [-0.4, -0.2) is 110 Å². The van der Waals surface area contributed by atoms with Crippen LogP contribution in [0.4, 0.5) is 0 Å². The molecule has 0 amide bonds. The van der Waals surface area contributed by atoms with Gasteiger partial charge in [-0.2, -0.15) is 5.10 Å². The van der Waals surface area contributed by atoms with Crippen molar-refractivity contribution in [3.63, 3.8) is 0 Å². The molecule has 1 N–H and O–H groups in total. The van der Waals surface area contributed by atoms with Gasteiger partial charge in [0.25, 0.3) is 6.47 Å². The number of hydrogen-bond acceptors (Lipinski definition) is 18. The van der Waals surface area contributed by atoms with Crippen molar-refractivity contribution in [2.45, 2.75) is 5.16 Å². The number of methoxy groups -OCH3 is 2. The van der Waals surface area contributed by atoms with E-state index in [4.69, 9.17) is 62.3 Å². The number of ether oxygens (including phenoxy) is 6. The first-order valence-corrected chi connectivity index (χ1v) is 23.2. The zero-order valence-corrected chi connectivity index (χ0v) is 48.5. The zero-order valence-electron chi connectivity index (χ0n) is 40.8. The molecule has 0 radical (unpaired) electrons. The Kier molecular flexibility index (Phi) is 24.7. The van der Waals surface area contributed by atoms with Crippen LogP contribution < -0.4 is 136 Å². The SMILES string of the molecule is COc1ccc(-n2c(-c3ccncc3)n[nH]c2=S)cc1.COc1ccc(-n2c(SCC(=O)c3ccc4c(c3)OCCO4)nnc2-c2ccncc2)cc1.O=C(CCl)c1ccc2c(c1)OCCO2.O=CO[O-].[H-].[K+].[K+]. The van der Waals surface area contributed by atoms with E-state index in [-0.39, 0.29) is 134 Å². The Bertz CT molecular complexity index is 3110. The fraction of sp³-hybridized carbons (Fsp3) is 0.163. The summed E-state index contributed by atoms with van der Waals surface area (Å²) in [4.78, 5) is 43.5. The van der Waals surface area contributed by atoms with E-state index < -0.39 is 0 Å². The zero-order chi connectivity index (χ0) is 50.0. The number of ketones is 2. The number of fused-ring (bicyclic) bond motifs is 2. The molecule has 6 heterocycles. The number of Topliss-reactive ketones (excluding diaryl/α,β-unsaturated/α-hetero) is 2. The van der Waals surface area contributed by atoms with Crippen LogP contribution in [0.25, 0.3) is 34.2 Å². The Hall–Kier alpha value is -4.84. The summed E-state index contributed by atoms with van der Waals surface area (Å²) in [5.41, 5.74) is 4.74. The van der Waals surface area contributed by atoms with Gasteiger partial charge in [-0.3, -0.25) is 38.6 Å². The summed E-state index contributed by atoms with van der Waals surface area (Å²) in [6, 6.07) is 33.2. The molecule has 0 fully saturated rings. The van der Waals surface area contributed by atoms with E-state index >= 15 is 0 Å². The molecule has 4 aromatic heterocycles. The van der Waals surface area contributed by atoms with Crippen molar-refractivity contribution in [1.29, 1.82) is 0 Å². The van der Waals surface area contributed by atoms with Gasteiger partial charge in [-0.1, -0.05) is 11.8 Å². The minimum Gasteiger partial charge on any atom is -1.00 e. The monoisotopic (exact) mass is 1100 g/mol. The quantitative estimate of drug-likeness (QED) is 0.0252. The molecular formula is C49H43ClK2N8O11S2. The number of carbonyl (C=O) groups excluding carboxylic acids is 3. The molecule has 73 heavy (non-hydrogen) atoms. The van der Waals surface area contributed by atoms with Gasteiger partial charge in [-0.15, -0.1) is 21.8 Å². The molecule has 2 aliphatic heterocycles. The fourth-order valence-electron chi connectivity index (χ4n) is 6.70. The van der Waals surface area contributed by atoms with Crippen molar-refractivity contribution >= 4 is 53.6 Å². The number of thioether (sulfide) groups is 1. The van der Waals surface area contributed by atoms with E-state index in [9.17, 15) is 9.59 Å². The van der Waals surface area contributed by atoms with Crippen molar-refractivity contribution in [3.8, 4) is 68.6 Å². The van der Waals surface area contributed by atoms with Crippen LogP contribution in [0.3, 0.4) is 0 Å². The second-order valence-corrected chi connectivity index (χ2v) is 16.0. The molecule has 2 aliphatic rings. The van der Waals surface area contributed by atoms with Gasteiger partial charge in [-0.05, 0) is 121 Å². The van der Waals surface area contributed by atoms with E-state index in [1.54, 1.807) is 75.4 Å². The maximum atomic E-state index is 12.9. The number of rotatable bonds is 13. The first-order chi connectivity index (χ1) is 34.7. The fourth-order valence-corrected chi connectivity index (χ4v) is 7.94. The number of alkyl halides is 1. The van der Waals surface area contributed by atoms with Crippen LogP contribution in [0, 0.1) is 4.77 Å². The first kappa shape index (κ1) is 59.0. The van der Waals surface area contributed by atoms with Crippen LogP contribution in [0.1, 0.15) is 22.1 Å². The summed E-state index contributed by atoms with van der Waals surface area (Å²) in [6.07, 6.45) is 6.87. The molecule has 24 heteroatoms. The van der Waals surface area contributed by atoms with Crippen molar-refractivity contribution in [2.75, 3.05) is 52.3 Å². The number of H-pyrrole nitrogens is 1. The molecule has 0 spiro atoms. The largest absolute Gasteiger partial charge is 1.00 e. The predicted molar refractivity (Wildman–Crippen MR) is 263 cm³/mol. The second-order valence-electron chi connectivity index (χ2n) is 14.4. The number of pyridine rings is 2. The van der Waals surface area contributed by atoms with Crippen molar-refractivity contribution in [2.24, 2.45) is 0 Å².